The molecule has 0 radical (unpaired) electrons. The molecule has 1 aromatic rings. The van der Waals surface area contributed by atoms with Crippen molar-refractivity contribution in [3.63, 3.8) is 0 Å². The lowest BCUT2D eigenvalue weighted by molar-refractivity contribution is -0.136. The molecule has 2 saturated heterocycles. The Hall–Kier alpha value is -1.11. The summed E-state index contributed by atoms with van der Waals surface area (Å²) in [5.41, 5.74) is 0.622. The van der Waals surface area contributed by atoms with Crippen molar-refractivity contribution in [2.24, 2.45) is 5.92 Å². The monoisotopic (exact) mass is 398 g/mol. The van der Waals surface area contributed by atoms with Gasteiger partial charge in [0.05, 0.1) is 5.75 Å². The lowest BCUT2D eigenvalue weighted by Gasteiger charge is -2.33. The third-order valence-electron chi connectivity index (χ3n) is 5.41. The summed E-state index contributed by atoms with van der Waals surface area (Å²) in [5, 5.41) is 0.474. The molecule has 0 atom stereocenters. The van der Waals surface area contributed by atoms with Crippen molar-refractivity contribution in [1.29, 1.82) is 0 Å². The van der Waals surface area contributed by atoms with E-state index in [2.05, 4.69) is 0 Å². The van der Waals surface area contributed by atoms with Gasteiger partial charge in [-0.1, -0.05) is 42.6 Å². The average Bonchev–Trinajstić information content (AvgIpc) is 2.92. The molecule has 2 aliphatic heterocycles. The van der Waals surface area contributed by atoms with Crippen LogP contribution in [-0.4, -0.2) is 49.7 Å². The van der Waals surface area contributed by atoms with E-state index in [1.54, 1.807) is 24.3 Å². The highest BCUT2D eigenvalue weighted by molar-refractivity contribution is 7.88. The van der Waals surface area contributed by atoms with Crippen LogP contribution in [0.3, 0.4) is 0 Å². The highest BCUT2D eigenvalue weighted by Gasteiger charge is 2.33. The Morgan fingerprint density at radius 3 is 2.23 bits per heavy atom. The number of likely N-dealkylation sites (tertiary alicyclic amines) is 1. The predicted molar refractivity (Wildman–Crippen MR) is 103 cm³/mol. The molecule has 0 aromatic heterocycles. The van der Waals surface area contributed by atoms with Crippen LogP contribution in [0.1, 0.15) is 44.1 Å². The third-order valence-corrected chi connectivity index (χ3v) is 7.61. The molecule has 2 aliphatic rings. The van der Waals surface area contributed by atoms with E-state index in [1.165, 1.54) is 17.1 Å². The van der Waals surface area contributed by atoms with Gasteiger partial charge in [0.2, 0.25) is 15.9 Å². The first-order valence-corrected chi connectivity index (χ1v) is 11.5. The number of benzene rings is 1. The molecule has 0 saturated carbocycles. The summed E-state index contributed by atoms with van der Waals surface area (Å²) in [6, 6.07) is 7.04. The van der Waals surface area contributed by atoms with E-state index >= 15 is 0 Å². The summed E-state index contributed by atoms with van der Waals surface area (Å²) in [7, 11) is -3.41. The molecule has 0 spiro atoms. The summed E-state index contributed by atoms with van der Waals surface area (Å²) in [4.78, 5) is 14.7. The lowest BCUT2D eigenvalue weighted by Crippen LogP contribution is -2.44. The van der Waals surface area contributed by atoms with E-state index in [9.17, 15) is 13.2 Å². The fraction of sp³-hybridized carbons (Fsp3) is 0.632. The van der Waals surface area contributed by atoms with Crippen molar-refractivity contribution in [3.05, 3.63) is 34.9 Å². The molecular weight excluding hydrogens is 372 g/mol. The smallest absolute Gasteiger partial charge is 0.225 e. The quantitative estimate of drug-likeness (QED) is 0.781. The Morgan fingerprint density at radius 2 is 1.62 bits per heavy atom. The van der Waals surface area contributed by atoms with Gasteiger partial charge in [0, 0.05) is 37.1 Å². The molecule has 3 rings (SSSR count). The standard InChI is InChI=1S/C19H27ClN2O3S/c20-18-8-4-3-7-17(18)15-26(24,25)22-13-9-16(10-14-22)19(23)21-11-5-1-2-6-12-21/h3-4,7-8,16H,1-2,5-6,9-15H2. The lowest BCUT2D eigenvalue weighted by atomic mass is 9.96. The van der Waals surface area contributed by atoms with Crippen molar-refractivity contribution < 1.29 is 13.2 Å². The van der Waals surface area contributed by atoms with Gasteiger partial charge in [0.1, 0.15) is 0 Å². The second-order valence-corrected chi connectivity index (χ2v) is 9.64. The van der Waals surface area contributed by atoms with Crippen LogP contribution < -0.4 is 0 Å². The van der Waals surface area contributed by atoms with E-state index in [1.807, 2.05) is 4.90 Å². The third kappa shape index (κ3) is 4.78. The van der Waals surface area contributed by atoms with Gasteiger partial charge in [-0.05, 0) is 37.3 Å². The Kier molecular flexibility index (Phi) is 6.59. The van der Waals surface area contributed by atoms with Gasteiger partial charge in [-0.3, -0.25) is 4.79 Å². The van der Waals surface area contributed by atoms with Gasteiger partial charge >= 0.3 is 0 Å². The largest absolute Gasteiger partial charge is 0.342 e. The number of piperidine rings is 1. The van der Waals surface area contributed by atoms with Gasteiger partial charge in [0.15, 0.2) is 0 Å². The zero-order valence-electron chi connectivity index (χ0n) is 15.1. The number of hydrogen-bond donors (Lipinski definition) is 0. The van der Waals surface area contributed by atoms with Gasteiger partial charge in [-0.2, -0.15) is 0 Å². The molecule has 0 bridgehead atoms. The van der Waals surface area contributed by atoms with Crippen LogP contribution in [0.25, 0.3) is 0 Å². The fourth-order valence-electron chi connectivity index (χ4n) is 3.83. The summed E-state index contributed by atoms with van der Waals surface area (Å²) in [6.45, 7) is 2.53. The Bertz CT molecular complexity index is 722. The number of sulfonamides is 1. The van der Waals surface area contributed by atoms with Crippen LogP contribution in [-0.2, 0) is 20.6 Å². The first-order valence-electron chi connectivity index (χ1n) is 9.47. The fourth-order valence-corrected chi connectivity index (χ4v) is 5.71. The topological polar surface area (TPSA) is 57.7 Å². The summed E-state index contributed by atoms with van der Waals surface area (Å²) >= 11 is 6.10. The zero-order chi connectivity index (χ0) is 18.6. The maximum Gasteiger partial charge on any atom is 0.225 e. The summed E-state index contributed by atoms with van der Waals surface area (Å²) in [5.74, 6) is 0.0899. The molecule has 1 amide bonds. The van der Waals surface area contributed by atoms with Crippen LogP contribution in [0.15, 0.2) is 24.3 Å². The van der Waals surface area contributed by atoms with Gasteiger partial charge in [-0.25, -0.2) is 12.7 Å². The van der Waals surface area contributed by atoms with Crippen LogP contribution in [0.4, 0.5) is 0 Å². The number of halogens is 1. The van der Waals surface area contributed by atoms with Crippen LogP contribution in [0.2, 0.25) is 5.02 Å². The normalized spacial score (nSPS) is 20.7. The molecular formula is C19H27ClN2O3S. The Labute approximate surface area is 161 Å². The van der Waals surface area contributed by atoms with Gasteiger partial charge < -0.3 is 4.90 Å². The highest BCUT2D eigenvalue weighted by Crippen LogP contribution is 2.26. The van der Waals surface area contributed by atoms with Crippen molar-refractivity contribution in [3.8, 4) is 0 Å². The van der Waals surface area contributed by atoms with Crippen LogP contribution in [0.5, 0.6) is 0 Å². The number of hydrogen-bond acceptors (Lipinski definition) is 3. The number of carbonyl (C=O) groups is 1. The Morgan fingerprint density at radius 1 is 1.00 bits per heavy atom. The minimum atomic E-state index is -3.41. The van der Waals surface area contributed by atoms with Crippen LogP contribution >= 0.6 is 11.6 Å². The highest BCUT2D eigenvalue weighted by atomic mass is 35.5. The molecule has 2 heterocycles. The second-order valence-electron chi connectivity index (χ2n) is 7.26. The minimum Gasteiger partial charge on any atom is -0.342 e. The molecule has 0 aliphatic carbocycles. The first kappa shape index (κ1) is 19.6. The number of rotatable bonds is 4. The number of nitrogens with zero attached hydrogens (tertiary/aromatic N) is 2. The van der Waals surface area contributed by atoms with Crippen molar-refractivity contribution in [2.75, 3.05) is 26.2 Å². The van der Waals surface area contributed by atoms with E-state index in [-0.39, 0.29) is 17.6 Å². The average molecular weight is 399 g/mol. The minimum absolute atomic E-state index is 0.0418. The summed E-state index contributed by atoms with van der Waals surface area (Å²) in [6.07, 6.45) is 5.77. The molecule has 5 nitrogen and oxygen atoms in total. The molecule has 1 aromatic carbocycles. The van der Waals surface area contributed by atoms with Crippen molar-refractivity contribution >= 4 is 27.5 Å². The van der Waals surface area contributed by atoms with E-state index < -0.39 is 10.0 Å². The molecule has 26 heavy (non-hydrogen) atoms. The maximum atomic E-state index is 12.7. The van der Waals surface area contributed by atoms with E-state index in [0.29, 0.717) is 36.5 Å². The molecule has 144 valence electrons. The molecule has 0 N–H and O–H groups in total. The molecule has 2 fully saturated rings. The first-order chi connectivity index (χ1) is 12.5. The van der Waals surface area contributed by atoms with Crippen LogP contribution in [0, 0.1) is 5.92 Å². The molecule has 7 heteroatoms. The number of carbonyl (C=O) groups excluding carboxylic acids is 1. The second kappa shape index (κ2) is 8.72. The maximum absolute atomic E-state index is 12.7. The SMILES string of the molecule is O=C(C1CCN(S(=O)(=O)Cc2ccccc2Cl)CC1)N1CCCCCC1. The number of amides is 1. The van der Waals surface area contributed by atoms with Gasteiger partial charge in [0.25, 0.3) is 0 Å². The summed E-state index contributed by atoms with van der Waals surface area (Å²) < 4.78 is 26.9. The predicted octanol–water partition coefficient (Wildman–Crippen LogP) is 3.28. The van der Waals surface area contributed by atoms with Crippen molar-refractivity contribution in [2.45, 2.75) is 44.3 Å². The van der Waals surface area contributed by atoms with Crippen molar-refractivity contribution in [1.82, 2.24) is 9.21 Å². The zero-order valence-corrected chi connectivity index (χ0v) is 16.6. The van der Waals surface area contributed by atoms with Gasteiger partial charge in [-0.15, -0.1) is 0 Å². The molecule has 0 unspecified atom stereocenters. The Balaban J connectivity index is 1.57. The van der Waals surface area contributed by atoms with E-state index in [0.717, 1.165) is 25.9 Å². The van der Waals surface area contributed by atoms with E-state index in [4.69, 9.17) is 11.6 Å².